The molecule has 1 atom stereocenters. The maximum Gasteiger partial charge on any atom is 0.191 e. The molecule has 1 saturated heterocycles. The van der Waals surface area contributed by atoms with Crippen LogP contribution in [0.3, 0.4) is 0 Å². The lowest BCUT2D eigenvalue weighted by molar-refractivity contribution is 0.580. The van der Waals surface area contributed by atoms with Crippen molar-refractivity contribution in [3.05, 3.63) is 42.0 Å². The highest BCUT2D eigenvalue weighted by Crippen LogP contribution is 2.24. The molecule has 148 valence electrons. The molecule has 1 aromatic heterocycles. The van der Waals surface area contributed by atoms with E-state index in [0.717, 1.165) is 24.9 Å². The van der Waals surface area contributed by atoms with E-state index in [1.54, 1.807) is 13.4 Å². The number of anilines is 1. The Bertz CT molecular complexity index is 780. The molecule has 0 saturated carbocycles. The summed E-state index contributed by atoms with van der Waals surface area (Å²) in [4.78, 5) is 6.14. The average Bonchev–Trinajstić information content (AvgIpc) is 3.27. The number of hydrogen-bond donors (Lipinski definition) is 2. The third kappa shape index (κ3) is 5.27. The fraction of sp³-hybridized carbons (Fsp3) is 0.471. The van der Waals surface area contributed by atoms with Crippen molar-refractivity contribution in [2.75, 3.05) is 25.0 Å². The topological polar surface area (TPSA) is 70.4 Å². The van der Waals surface area contributed by atoms with Gasteiger partial charge in [-0.2, -0.15) is 0 Å². The van der Waals surface area contributed by atoms with Crippen LogP contribution in [0.5, 0.6) is 0 Å². The molecular formula is C17H24F2IN7. The average molecular weight is 491 g/mol. The second-order valence-corrected chi connectivity index (χ2v) is 6.13. The predicted molar refractivity (Wildman–Crippen MR) is 111 cm³/mol. The van der Waals surface area contributed by atoms with E-state index in [4.69, 9.17) is 0 Å². The number of aliphatic imine (C=N–C) groups is 1. The fourth-order valence-electron chi connectivity index (χ4n) is 3.07. The molecule has 27 heavy (non-hydrogen) atoms. The van der Waals surface area contributed by atoms with E-state index in [9.17, 15) is 8.78 Å². The Hall–Kier alpha value is -1.98. The molecule has 2 aromatic rings. The smallest absolute Gasteiger partial charge is 0.191 e. The Morgan fingerprint density at radius 1 is 1.37 bits per heavy atom. The van der Waals surface area contributed by atoms with Gasteiger partial charge in [-0.25, -0.2) is 8.78 Å². The van der Waals surface area contributed by atoms with E-state index in [1.165, 1.54) is 12.1 Å². The van der Waals surface area contributed by atoms with Gasteiger partial charge in [0.2, 0.25) is 0 Å². The second-order valence-electron chi connectivity index (χ2n) is 6.13. The van der Waals surface area contributed by atoms with Gasteiger partial charge in [0.25, 0.3) is 0 Å². The van der Waals surface area contributed by atoms with Gasteiger partial charge in [0.1, 0.15) is 18.0 Å². The molecule has 0 bridgehead atoms. The van der Waals surface area contributed by atoms with E-state index < -0.39 is 11.6 Å². The van der Waals surface area contributed by atoms with Crippen molar-refractivity contribution in [1.82, 2.24) is 25.4 Å². The SMILES string of the molecule is CCn1cnnc1CNC(=NC)NC1CCN(c2ccc(F)cc2F)C1.I. The van der Waals surface area contributed by atoms with Gasteiger partial charge in [-0.15, -0.1) is 34.2 Å². The summed E-state index contributed by atoms with van der Waals surface area (Å²) >= 11 is 0. The highest BCUT2D eigenvalue weighted by Gasteiger charge is 2.25. The molecule has 2 N–H and O–H groups in total. The van der Waals surface area contributed by atoms with Gasteiger partial charge < -0.3 is 20.1 Å². The first-order valence-corrected chi connectivity index (χ1v) is 8.64. The summed E-state index contributed by atoms with van der Waals surface area (Å²) < 4.78 is 29.0. The lowest BCUT2D eigenvalue weighted by Gasteiger charge is -2.21. The quantitative estimate of drug-likeness (QED) is 0.381. The summed E-state index contributed by atoms with van der Waals surface area (Å²) in [5, 5.41) is 14.5. The van der Waals surface area contributed by atoms with Gasteiger partial charge in [-0.3, -0.25) is 4.99 Å². The normalized spacial score (nSPS) is 17.0. The fourth-order valence-corrected chi connectivity index (χ4v) is 3.07. The number of aromatic nitrogens is 3. The van der Waals surface area contributed by atoms with Gasteiger partial charge in [0.05, 0.1) is 12.2 Å². The van der Waals surface area contributed by atoms with Crippen LogP contribution in [0.2, 0.25) is 0 Å². The minimum atomic E-state index is -0.565. The van der Waals surface area contributed by atoms with Crippen molar-refractivity contribution in [3.8, 4) is 0 Å². The summed E-state index contributed by atoms with van der Waals surface area (Å²) in [6.07, 6.45) is 2.53. The monoisotopic (exact) mass is 491 g/mol. The van der Waals surface area contributed by atoms with E-state index in [-0.39, 0.29) is 30.0 Å². The minimum Gasteiger partial charge on any atom is -0.367 e. The van der Waals surface area contributed by atoms with Gasteiger partial charge in [0.15, 0.2) is 11.8 Å². The molecule has 1 aliphatic rings. The number of nitrogens with zero attached hydrogens (tertiary/aromatic N) is 5. The zero-order chi connectivity index (χ0) is 18.5. The minimum absolute atomic E-state index is 0. The lowest BCUT2D eigenvalue weighted by Crippen LogP contribution is -2.44. The van der Waals surface area contributed by atoms with Crippen molar-refractivity contribution < 1.29 is 8.78 Å². The molecular weight excluding hydrogens is 467 g/mol. The first-order chi connectivity index (χ1) is 12.6. The van der Waals surface area contributed by atoms with Crippen LogP contribution in [0, 0.1) is 11.6 Å². The molecule has 0 spiro atoms. The molecule has 10 heteroatoms. The Morgan fingerprint density at radius 2 is 2.19 bits per heavy atom. The van der Waals surface area contributed by atoms with E-state index in [0.29, 0.717) is 31.3 Å². The van der Waals surface area contributed by atoms with Gasteiger partial charge in [-0.05, 0) is 25.5 Å². The first kappa shape index (κ1) is 21.3. The maximum atomic E-state index is 14.0. The zero-order valence-corrected chi connectivity index (χ0v) is 17.7. The van der Waals surface area contributed by atoms with Crippen LogP contribution in [0.1, 0.15) is 19.2 Å². The third-order valence-electron chi connectivity index (χ3n) is 4.45. The molecule has 0 aliphatic carbocycles. The molecule has 1 aliphatic heterocycles. The Labute approximate surface area is 174 Å². The van der Waals surface area contributed by atoms with Crippen molar-refractivity contribution in [2.45, 2.75) is 32.5 Å². The number of hydrogen-bond acceptors (Lipinski definition) is 4. The molecule has 3 rings (SSSR count). The third-order valence-corrected chi connectivity index (χ3v) is 4.45. The standard InChI is InChI=1S/C17H23F2N7.HI/c1-3-25-11-22-24-16(25)9-21-17(20-2)23-13-6-7-26(10-13)15-5-4-12(18)8-14(15)19;/h4-5,8,11,13H,3,6-7,9-10H2,1-2H3,(H2,20,21,23);1H. The van der Waals surface area contributed by atoms with Gasteiger partial charge in [-0.1, -0.05) is 0 Å². The van der Waals surface area contributed by atoms with Crippen LogP contribution in [-0.2, 0) is 13.1 Å². The molecule has 1 fully saturated rings. The van der Waals surface area contributed by atoms with E-state index in [2.05, 4.69) is 25.8 Å². The van der Waals surface area contributed by atoms with Crippen LogP contribution in [0.25, 0.3) is 0 Å². The van der Waals surface area contributed by atoms with Gasteiger partial charge in [0, 0.05) is 38.8 Å². The highest BCUT2D eigenvalue weighted by molar-refractivity contribution is 14.0. The number of halogens is 3. The van der Waals surface area contributed by atoms with Crippen LogP contribution in [0.15, 0.2) is 29.5 Å². The van der Waals surface area contributed by atoms with Crippen molar-refractivity contribution >= 4 is 35.6 Å². The van der Waals surface area contributed by atoms with Crippen molar-refractivity contribution in [1.29, 1.82) is 0 Å². The Kier molecular flexibility index (Phi) is 7.75. The summed E-state index contributed by atoms with van der Waals surface area (Å²) in [7, 11) is 1.70. The summed E-state index contributed by atoms with van der Waals surface area (Å²) in [5.74, 6) is 0.385. The number of aryl methyl sites for hydroxylation is 1. The van der Waals surface area contributed by atoms with Crippen LogP contribution < -0.4 is 15.5 Å². The van der Waals surface area contributed by atoms with E-state index >= 15 is 0 Å². The second kappa shape index (κ2) is 9.81. The zero-order valence-electron chi connectivity index (χ0n) is 15.3. The highest BCUT2D eigenvalue weighted by atomic mass is 127. The van der Waals surface area contributed by atoms with Gasteiger partial charge >= 0.3 is 0 Å². The molecule has 7 nitrogen and oxygen atoms in total. The Morgan fingerprint density at radius 3 is 2.89 bits per heavy atom. The molecule has 1 aromatic carbocycles. The van der Waals surface area contributed by atoms with Crippen LogP contribution in [-0.4, -0.2) is 46.9 Å². The lowest BCUT2D eigenvalue weighted by atomic mass is 10.2. The maximum absolute atomic E-state index is 14.0. The number of guanidine groups is 1. The summed E-state index contributed by atoms with van der Waals surface area (Å²) in [5.41, 5.74) is 0.426. The summed E-state index contributed by atoms with van der Waals surface area (Å²) in [6.45, 7) is 4.66. The van der Waals surface area contributed by atoms with Crippen LogP contribution >= 0.6 is 24.0 Å². The van der Waals surface area contributed by atoms with E-state index in [1.807, 2.05) is 16.4 Å². The number of rotatable bonds is 5. The summed E-state index contributed by atoms with van der Waals surface area (Å²) in [6, 6.07) is 3.80. The first-order valence-electron chi connectivity index (χ1n) is 8.64. The predicted octanol–water partition coefficient (Wildman–Crippen LogP) is 2.14. The van der Waals surface area contributed by atoms with Crippen LogP contribution in [0.4, 0.5) is 14.5 Å². The number of nitrogens with one attached hydrogen (secondary N) is 2. The molecule has 0 amide bonds. The Balaban J connectivity index is 0.00000261. The number of benzene rings is 1. The molecule has 0 radical (unpaired) electrons. The van der Waals surface area contributed by atoms with Crippen molar-refractivity contribution in [3.63, 3.8) is 0 Å². The molecule has 2 heterocycles. The van der Waals surface area contributed by atoms with Crippen molar-refractivity contribution in [2.24, 2.45) is 4.99 Å². The largest absolute Gasteiger partial charge is 0.367 e. The molecule has 1 unspecified atom stereocenters.